The average Bonchev–Trinajstić information content (AvgIpc) is 2.44. The first-order valence-electron chi connectivity index (χ1n) is 6.45. The van der Waals surface area contributed by atoms with Crippen LogP contribution in [0.2, 0.25) is 0 Å². The molecule has 0 amide bonds. The third-order valence-electron chi connectivity index (χ3n) is 2.88. The quantitative estimate of drug-likeness (QED) is 0.768. The highest BCUT2D eigenvalue weighted by Crippen LogP contribution is 2.27. The number of benzene rings is 1. The van der Waals surface area contributed by atoms with Crippen LogP contribution < -0.4 is 16.4 Å². The van der Waals surface area contributed by atoms with Gasteiger partial charge in [-0.15, -0.1) is 0 Å². The van der Waals surface area contributed by atoms with Gasteiger partial charge >= 0.3 is 0 Å². The van der Waals surface area contributed by atoms with E-state index in [0.717, 1.165) is 18.7 Å². The maximum Gasteiger partial charge on any atom is 0.159 e. The fourth-order valence-corrected chi connectivity index (χ4v) is 1.88. The summed E-state index contributed by atoms with van der Waals surface area (Å²) in [4.78, 5) is 8.33. The van der Waals surface area contributed by atoms with Gasteiger partial charge in [-0.05, 0) is 25.0 Å². The number of hydrogen-bond donors (Lipinski definition) is 3. The molecule has 1 aromatic carbocycles. The molecule has 0 aliphatic heterocycles. The van der Waals surface area contributed by atoms with E-state index in [1.165, 1.54) is 11.9 Å². The standard InChI is InChI=1S/C14H19N5/c1-3-10-7-5-6-8-11(10)19-14-12(15)13(16-4-2)17-9-18-14/h5-9H,3-4,15H2,1-2H3,(H2,16,17,18,19). The van der Waals surface area contributed by atoms with Crippen LogP contribution in [0.15, 0.2) is 30.6 Å². The molecule has 0 aliphatic carbocycles. The van der Waals surface area contributed by atoms with Crippen molar-refractivity contribution in [1.82, 2.24) is 9.97 Å². The normalized spacial score (nSPS) is 10.2. The summed E-state index contributed by atoms with van der Waals surface area (Å²) in [6.07, 6.45) is 2.46. The largest absolute Gasteiger partial charge is 0.393 e. The molecule has 1 aromatic heterocycles. The van der Waals surface area contributed by atoms with Gasteiger partial charge in [0.2, 0.25) is 0 Å². The number of hydrogen-bond acceptors (Lipinski definition) is 5. The minimum Gasteiger partial charge on any atom is -0.393 e. The summed E-state index contributed by atoms with van der Waals surface area (Å²) in [6.45, 7) is 4.89. The number of nitrogen functional groups attached to an aromatic ring is 1. The van der Waals surface area contributed by atoms with Crippen LogP contribution in [0.4, 0.5) is 23.0 Å². The minimum absolute atomic E-state index is 0.537. The maximum absolute atomic E-state index is 6.06. The highest BCUT2D eigenvalue weighted by molar-refractivity contribution is 5.78. The molecule has 0 spiro atoms. The Morgan fingerprint density at radius 3 is 2.58 bits per heavy atom. The number of nitrogens with one attached hydrogen (secondary N) is 2. The van der Waals surface area contributed by atoms with E-state index in [1.54, 1.807) is 0 Å². The molecule has 4 N–H and O–H groups in total. The molecular weight excluding hydrogens is 238 g/mol. The van der Waals surface area contributed by atoms with Crippen molar-refractivity contribution in [2.75, 3.05) is 22.9 Å². The molecule has 0 radical (unpaired) electrons. The Morgan fingerprint density at radius 1 is 1.11 bits per heavy atom. The molecule has 19 heavy (non-hydrogen) atoms. The summed E-state index contributed by atoms with van der Waals surface area (Å²) < 4.78 is 0. The van der Waals surface area contributed by atoms with Gasteiger partial charge in [0.25, 0.3) is 0 Å². The third kappa shape index (κ3) is 2.93. The van der Waals surface area contributed by atoms with Crippen LogP contribution in [0.3, 0.4) is 0 Å². The Bertz CT molecular complexity index is 553. The van der Waals surface area contributed by atoms with Gasteiger partial charge in [0, 0.05) is 12.2 Å². The molecule has 5 nitrogen and oxygen atoms in total. The van der Waals surface area contributed by atoms with Gasteiger partial charge in [0.05, 0.1) is 0 Å². The van der Waals surface area contributed by atoms with Crippen molar-refractivity contribution in [3.05, 3.63) is 36.2 Å². The summed E-state index contributed by atoms with van der Waals surface area (Å²) in [7, 11) is 0. The van der Waals surface area contributed by atoms with E-state index in [-0.39, 0.29) is 0 Å². The lowest BCUT2D eigenvalue weighted by Gasteiger charge is -2.13. The molecular formula is C14H19N5. The number of aromatic nitrogens is 2. The van der Waals surface area contributed by atoms with E-state index < -0.39 is 0 Å². The predicted molar refractivity (Wildman–Crippen MR) is 79.7 cm³/mol. The van der Waals surface area contributed by atoms with Crippen LogP contribution in [-0.4, -0.2) is 16.5 Å². The second-order valence-corrected chi connectivity index (χ2v) is 4.15. The van der Waals surface area contributed by atoms with Gasteiger partial charge < -0.3 is 16.4 Å². The Labute approximate surface area is 113 Å². The fourth-order valence-electron chi connectivity index (χ4n) is 1.88. The Morgan fingerprint density at radius 2 is 1.84 bits per heavy atom. The van der Waals surface area contributed by atoms with Crippen molar-refractivity contribution < 1.29 is 0 Å². The van der Waals surface area contributed by atoms with Crippen LogP contribution in [-0.2, 0) is 6.42 Å². The van der Waals surface area contributed by atoms with Crippen molar-refractivity contribution in [3.63, 3.8) is 0 Å². The lowest BCUT2D eigenvalue weighted by atomic mass is 10.1. The van der Waals surface area contributed by atoms with E-state index in [0.29, 0.717) is 17.3 Å². The topological polar surface area (TPSA) is 75.9 Å². The second kappa shape index (κ2) is 6.04. The van der Waals surface area contributed by atoms with Gasteiger partial charge in [-0.3, -0.25) is 0 Å². The van der Waals surface area contributed by atoms with Gasteiger partial charge in [-0.2, -0.15) is 0 Å². The highest BCUT2D eigenvalue weighted by atomic mass is 15.1. The van der Waals surface area contributed by atoms with Crippen LogP contribution >= 0.6 is 0 Å². The zero-order valence-corrected chi connectivity index (χ0v) is 11.3. The van der Waals surface area contributed by atoms with Crippen molar-refractivity contribution in [1.29, 1.82) is 0 Å². The van der Waals surface area contributed by atoms with E-state index in [9.17, 15) is 0 Å². The second-order valence-electron chi connectivity index (χ2n) is 4.15. The Kier molecular flexibility index (Phi) is 4.18. The third-order valence-corrected chi connectivity index (χ3v) is 2.88. The molecule has 1 heterocycles. The monoisotopic (exact) mass is 257 g/mol. The summed E-state index contributed by atoms with van der Waals surface area (Å²) in [5, 5.41) is 6.39. The van der Waals surface area contributed by atoms with Gasteiger partial charge in [-0.1, -0.05) is 25.1 Å². The minimum atomic E-state index is 0.537. The van der Waals surface area contributed by atoms with Gasteiger partial charge in [0.15, 0.2) is 11.6 Å². The van der Waals surface area contributed by atoms with E-state index in [1.807, 2.05) is 25.1 Å². The van der Waals surface area contributed by atoms with E-state index >= 15 is 0 Å². The van der Waals surface area contributed by atoms with Crippen molar-refractivity contribution in [2.24, 2.45) is 0 Å². The first-order chi connectivity index (χ1) is 9.26. The molecule has 0 fully saturated rings. The SMILES string of the molecule is CCNc1ncnc(Nc2ccccc2CC)c1N. The number of nitrogens with zero attached hydrogens (tertiary/aromatic N) is 2. The van der Waals surface area contributed by atoms with Crippen LogP contribution in [0, 0.1) is 0 Å². The van der Waals surface area contributed by atoms with Crippen molar-refractivity contribution >= 4 is 23.0 Å². The molecule has 0 saturated carbocycles. The first-order valence-corrected chi connectivity index (χ1v) is 6.45. The lowest BCUT2D eigenvalue weighted by Crippen LogP contribution is -2.08. The molecule has 0 unspecified atom stereocenters. The Hall–Kier alpha value is -2.30. The van der Waals surface area contributed by atoms with Crippen LogP contribution in [0.25, 0.3) is 0 Å². The molecule has 0 atom stereocenters. The fraction of sp³-hybridized carbons (Fsp3) is 0.286. The zero-order valence-electron chi connectivity index (χ0n) is 11.3. The average molecular weight is 257 g/mol. The first kappa shape index (κ1) is 13.1. The smallest absolute Gasteiger partial charge is 0.159 e. The maximum atomic E-state index is 6.06. The summed E-state index contributed by atoms with van der Waals surface area (Å²) >= 11 is 0. The molecule has 0 bridgehead atoms. The molecule has 5 heteroatoms. The molecule has 100 valence electrons. The predicted octanol–water partition coefficient (Wildman–Crippen LogP) is 2.80. The molecule has 2 rings (SSSR count). The zero-order chi connectivity index (χ0) is 13.7. The Balaban J connectivity index is 2.30. The number of rotatable bonds is 5. The summed E-state index contributed by atoms with van der Waals surface area (Å²) in [5.74, 6) is 1.29. The highest BCUT2D eigenvalue weighted by Gasteiger charge is 2.08. The van der Waals surface area contributed by atoms with E-state index in [2.05, 4.69) is 33.6 Å². The molecule has 2 aromatic rings. The molecule has 0 saturated heterocycles. The van der Waals surface area contributed by atoms with Gasteiger partial charge in [-0.25, -0.2) is 9.97 Å². The molecule has 0 aliphatic rings. The van der Waals surface area contributed by atoms with Crippen molar-refractivity contribution in [3.8, 4) is 0 Å². The van der Waals surface area contributed by atoms with Crippen molar-refractivity contribution in [2.45, 2.75) is 20.3 Å². The number of anilines is 4. The van der Waals surface area contributed by atoms with Crippen LogP contribution in [0.5, 0.6) is 0 Å². The number of nitrogens with two attached hydrogens (primary N) is 1. The van der Waals surface area contributed by atoms with E-state index in [4.69, 9.17) is 5.73 Å². The summed E-state index contributed by atoms with van der Waals surface area (Å²) in [5.41, 5.74) is 8.85. The number of aryl methyl sites for hydroxylation is 1. The number of para-hydroxylation sites is 1. The van der Waals surface area contributed by atoms with Gasteiger partial charge in [0.1, 0.15) is 12.0 Å². The summed E-state index contributed by atoms with van der Waals surface area (Å²) in [6, 6.07) is 8.12. The lowest BCUT2D eigenvalue weighted by molar-refractivity contribution is 1.11. The van der Waals surface area contributed by atoms with Crippen LogP contribution in [0.1, 0.15) is 19.4 Å².